The van der Waals surface area contributed by atoms with E-state index in [0.717, 1.165) is 4.70 Å². The van der Waals surface area contributed by atoms with Crippen LogP contribution in [0.15, 0.2) is 24.3 Å². The summed E-state index contributed by atoms with van der Waals surface area (Å²) in [5, 5.41) is 8.16. The van der Waals surface area contributed by atoms with Gasteiger partial charge >= 0.3 is 6.03 Å². The van der Waals surface area contributed by atoms with Crippen LogP contribution in [-0.2, 0) is 21.7 Å². The van der Waals surface area contributed by atoms with Gasteiger partial charge in [-0.3, -0.25) is 19.7 Å². The second kappa shape index (κ2) is 9.80. The Morgan fingerprint density at radius 3 is 2.59 bits per heavy atom. The lowest BCUT2D eigenvalue weighted by molar-refractivity contribution is -0.136. The highest BCUT2D eigenvalue weighted by atomic mass is 32.1. The molecule has 2 aliphatic heterocycles. The number of hydrogen-bond acceptors (Lipinski definition) is 8. The molecular weight excluding hydrogens is 529 g/mol. The summed E-state index contributed by atoms with van der Waals surface area (Å²) >= 11 is 1.37. The van der Waals surface area contributed by atoms with Crippen LogP contribution in [0.25, 0.3) is 10.2 Å². The molecule has 3 aromatic rings. The molecule has 1 fully saturated rings. The number of nitrogens with one attached hydrogen (secondary N) is 3. The first-order chi connectivity index (χ1) is 18.5. The SMILES string of the molecule is COc1cc2nc(C(C)(C)NC(=O)Nc3ccc4c(c3F)CN(C3CCC(=O)NC3=O)C4=O)sc2cc1OC. The number of carbonyl (C=O) groups is 4. The number of carbonyl (C=O) groups excluding carboxylic acids is 4. The summed E-state index contributed by atoms with van der Waals surface area (Å²) in [6.07, 6.45) is 0.261. The molecule has 5 rings (SSSR count). The number of thiazole rings is 1. The van der Waals surface area contributed by atoms with Crippen LogP contribution in [0, 0.1) is 5.82 Å². The maximum absolute atomic E-state index is 15.4. The number of fused-ring (bicyclic) bond motifs is 2. The van der Waals surface area contributed by atoms with E-state index < -0.39 is 41.2 Å². The Morgan fingerprint density at radius 2 is 1.90 bits per heavy atom. The summed E-state index contributed by atoms with van der Waals surface area (Å²) in [6.45, 7) is 3.40. The number of benzene rings is 2. The van der Waals surface area contributed by atoms with Crippen LogP contribution >= 0.6 is 11.3 Å². The number of imide groups is 1. The van der Waals surface area contributed by atoms with Crippen LogP contribution in [0.5, 0.6) is 11.5 Å². The third kappa shape index (κ3) is 4.73. The lowest BCUT2D eigenvalue weighted by Crippen LogP contribution is -2.52. The quantitative estimate of drug-likeness (QED) is 0.397. The number of anilines is 1. The maximum Gasteiger partial charge on any atom is 0.320 e. The number of piperidine rings is 1. The van der Waals surface area contributed by atoms with Gasteiger partial charge in [-0.25, -0.2) is 14.2 Å². The van der Waals surface area contributed by atoms with Gasteiger partial charge in [0.25, 0.3) is 5.91 Å². The molecule has 11 nitrogen and oxygen atoms in total. The summed E-state index contributed by atoms with van der Waals surface area (Å²) in [4.78, 5) is 55.4. The molecule has 0 aliphatic carbocycles. The molecule has 1 atom stereocenters. The zero-order chi connectivity index (χ0) is 28.1. The third-order valence-electron chi connectivity index (χ3n) is 6.75. The van der Waals surface area contributed by atoms with Crippen molar-refractivity contribution in [2.75, 3.05) is 19.5 Å². The molecule has 2 aliphatic rings. The monoisotopic (exact) mass is 555 g/mol. The summed E-state index contributed by atoms with van der Waals surface area (Å²) in [5.74, 6) is -1.16. The maximum atomic E-state index is 15.4. The normalized spacial score (nSPS) is 17.2. The van der Waals surface area contributed by atoms with E-state index in [2.05, 4.69) is 20.9 Å². The van der Waals surface area contributed by atoms with E-state index >= 15 is 4.39 Å². The van der Waals surface area contributed by atoms with Crippen molar-refractivity contribution in [2.24, 2.45) is 0 Å². The first-order valence-electron chi connectivity index (χ1n) is 12.1. The van der Waals surface area contributed by atoms with Crippen LogP contribution in [0.3, 0.4) is 0 Å². The first kappa shape index (κ1) is 26.4. The number of urea groups is 1. The number of aromatic nitrogens is 1. The minimum Gasteiger partial charge on any atom is -0.493 e. The van der Waals surface area contributed by atoms with Crippen LogP contribution in [0.4, 0.5) is 14.9 Å². The topological polar surface area (TPSA) is 139 Å². The molecule has 1 aromatic heterocycles. The van der Waals surface area contributed by atoms with Gasteiger partial charge in [-0.15, -0.1) is 11.3 Å². The standard InChI is InChI=1S/C26H26FN5O6S/c1-26(2,24-28-15-9-17(37-3)18(38-4)10-19(15)39-24)31-25(36)29-14-6-5-12-13(21(14)27)11-32(23(12)35)16-7-8-20(33)30-22(16)34/h5-6,9-10,16H,7-8,11H2,1-4H3,(H2,29,31,36)(H,30,33,34). The van der Waals surface area contributed by atoms with E-state index in [-0.39, 0.29) is 36.2 Å². The van der Waals surface area contributed by atoms with Gasteiger partial charge in [0.15, 0.2) is 17.3 Å². The molecule has 0 bridgehead atoms. The zero-order valence-electron chi connectivity index (χ0n) is 21.6. The molecule has 5 amide bonds. The van der Waals surface area contributed by atoms with Crippen molar-refractivity contribution in [3.63, 3.8) is 0 Å². The van der Waals surface area contributed by atoms with Gasteiger partial charge in [0, 0.05) is 29.7 Å². The Labute approximate surface area is 226 Å². The predicted molar refractivity (Wildman–Crippen MR) is 140 cm³/mol. The minimum atomic E-state index is -0.917. The number of halogens is 1. The van der Waals surface area contributed by atoms with Crippen LogP contribution in [0.1, 0.15) is 47.6 Å². The Kier molecular flexibility index (Phi) is 6.62. The van der Waals surface area contributed by atoms with Gasteiger partial charge in [-0.05, 0) is 32.4 Å². The van der Waals surface area contributed by atoms with Gasteiger partial charge in [0.1, 0.15) is 11.0 Å². The number of hydrogen-bond donors (Lipinski definition) is 3. The Hall–Kier alpha value is -4.26. The molecule has 204 valence electrons. The van der Waals surface area contributed by atoms with Gasteiger partial charge in [-0.1, -0.05) is 0 Å². The number of nitrogens with zero attached hydrogens (tertiary/aromatic N) is 2. The number of methoxy groups -OCH3 is 2. The molecule has 3 heterocycles. The molecule has 1 saturated heterocycles. The third-order valence-corrected chi connectivity index (χ3v) is 8.09. The van der Waals surface area contributed by atoms with Crippen molar-refractivity contribution in [1.82, 2.24) is 20.5 Å². The zero-order valence-corrected chi connectivity index (χ0v) is 22.5. The average Bonchev–Trinajstić information content (AvgIpc) is 3.46. The first-order valence-corrected chi connectivity index (χ1v) is 12.9. The second-order valence-electron chi connectivity index (χ2n) is 9.75. The average molecular weight is 556 g/mol. The molecule has 0 spiro atoms. The lowest BCUT2D eigenvalue weighted by atomic mass is 10.0. The van der Waals surface area contributed by atoms with Gasteiger partial charge in [0.2, 0.25) is 11.8 Å². The van der Waals surface area contributed by atoms with Crippen LogP contribution in [-0.4, -0.2) is 53.9 Å². The van der Waals surface area contributed by atoms with Crippen molar-refractivity contribution in [2.45, 2.75) is 44.8 Å². The van der Waals surface area contributed by atoms with Gasteiger partial charge < -0.3 is 25.0 Å². The molecule has 3 N–H and O–H groups in total. The van der Waals surface area contributed by atoms with E-state index in [1.165, 1.54) is 35.5 Å². The van der Waals surface area contributed by atoms with Crippen molar-refractivity contribution in [3.8, 4) is 11.5 Å². The van der Waals surface area contributed by atoms with Crippen molar-refractivity contribution >= 4 is 51.0 Å². The van der Waals surface area contributed by atoms with Gasteiger partial charge in [-0.2, -0.15) is 0 Å². The summed E-state index contributed by atoms with van der Waals surface area (Å²) in [5.41, 5.74) is -0.156. The summed E-state index contributed by atoms with van der Waals surface area (Å²) < 4.78 is 27.0. The Bertz CT molecular complexity index is 1500. The highest BCUT2D eigenvalue weighted by molar-refractivity contribution is 7.18. The van der Waals surface area contributed by atoms with E-state index in [4.69, 9.17) is 9.47 Å². The van der Waals surface area contributed by atoms with E-state index in [1.54, 1.807) is 27.0 Å². The Morgan fingerprint density at radius 1 is 1.18 bits per heavy atom. The molecule has 39 heavy (non-hydrogen) atoms. The fourth-order valence-corrected chi connectivity index (χ4v) is 5.75. The highest BCUT2D eigenvalue weighted by Gasteiger charge is 2.40. The molecule has 0 radical (unpaired) electrons. The fraction of sp³-hybridized carbons (Fsp3) is 0.346. The van der Waals surface area contributed by atoms with E-state index in [9.17, 15) is 19.2 Å². The van der Waals surface area contributed by atoms with Crippen LogP contribution < -0.4 is 25.4 Å². The number of rotatable bonds is 6. The molecule has 13 heteroatoms. The second-order valence-corrected chi connectivity index (χ2v) is 10.8. The highest BCUT2D eigenvalue weighted by Crippen LogP contribution is 2.37. The van der Waals surface area contributed by atoms with Crippen molar-refractivity contribution < 1.29 is 33.0 Å². The van der Waals surface area contributed by atoms with Crippen molar-refractivity contribution in [1.29, 1.82) is 0 Å². The smallest absolute Gasteiger partial charge is 0.320 e. The fourth-order valence-electron chi connectivity index (χ4n) is 4.71. The number of amides is 5. The molecule has 2 aromatic carbocycles. The van der Waals surface area contributed by atoms with Crippen molar-refractivity contribution in [3.05, 3.63) is 46.2 Å². The van der Waals surface area contributed by atoms with Gasteiger partial charge in [0.05, 0.1) is 42.2 Å². The molecular formula is C26H26FN5O6S. The Balaban J connectivity index is 1.32. The van der Waals surface area contributed by atoms with E-state index in [1.807, 2.05) is 6.07 Å². The van der Waals surface area contributed by atoms with E-state index in [0.29, 0.717) is 22.0 Å². The minimum absolute atomic E-state index is 0.0795. The summed E-state index contributed by atoms with van der Waals surface area (Å²) in [7, 11) is 3.08. The predicted octanol–water partition coefficient (Wildman–Crippen LogP) is 3.27. The largest absolute Gasteiger partial charge is 0.493 e. The number of ether oxygens (including phenoxy) is 2. The lowest BCUT2D eigenvalue weighted by Gasteiger charge is -2.29. The molecule has 1 unspecified atom stereocenters. The van der Waals surface area contributed by atoms with Crippen LogP contribution in [0.2, 0.25) is 0 Å². The summed E-state index contributed by atoms with van der Waals surface area (Å²) in [6, 6.07) is 4.76. The molecule has 0 saturated carbocycles.